The fraction of sp³-hybridized carbons (Fsp3) is 0.304. The van der Waals surface area contributed by atoms with Crippen LogP contribution in [0, 0.1) is 0 Å². The number of alkyl carbamates (subject to hydrolysis) is 1. The zero-order chi connectivity index (χ0) is 19.7. The Bertz CT molecular complexity index is 919. The van der Waals surface area contributed by atoms with Crippen LogP contribution >= 0.6 is 0 Å². The third kappa shape index (κ3) is 3.17. The molecular formula is C23H23NO4. The van der Waals surface area contributed by atoms with E-state index < -0.39 is 17.6 Å². The SMILES string of the molecule is CC1=CC[C@](NC(=O)OCC2c3ccccc3-c3ccccc32)(C(=O)O)CC1. The molecule has 2 aromatic carbocycles. The van der Waals surface area contributed by atoms with Crippen LogP contribution in [-0.4, -0.2) is 29.3 Å². The zero-order valence-corrected chi connectivity index (χ0v) is 15.8. The summed E-state index contributed by atoms with van der Waals surface area (Å²) in [6.07, 6.45) is 2.49. The second kappa shape index (κ2) is 7.15. The van der Waals surface area contributed by atoms with Crippen molar-refractivity contribution in [1.82, 2.24) is 5.32 Å². The number of nitrogens with one attached hydrogen (secondary N) is 1. The summed E-state index contributed by atoms with van der Waals surface area (Å²) in [5.74, 6) is -1.07. The van der Waals surface area contributed by atoms with Crippen molar-refractivity contribution in [2.75, 3.05) is 6.61 Å². The van der Waals surface area contributed by atoms with Crippen LogP contribution in [0.3, 0.4) is 0 Å². The molecule has 2 N–H and O–H groups in total. The van der Waals surface area contributed by atoms with Crippen LogP contribution in [0.5, 0.6) is 0 Å². The Morgan fingerprint density at radius 1 is 1.11 bits per heavy atom. The van der Waals surface area contributed by atoms with E-state index in [1.54, 1.807) is 0 Å². The normalized spacial score (nSPS) is 20.7. The monoisotopic (exact) mass is 377 g/mol. The number of allylic oxidation sites excluding steroid dienone is 1. The van der Waals surface area contributed by atoms with Crippen molar-refractivity contribution in [3.8, 4) is 11.1 Å². The third-order valence-corrected chi connectivity index (χ3v) is 5.84. The van der Waals surface area contributed by atoms with E-state index in [1.807, 2.05) is 37.3 Å². The maximum atomic E-state index is 12.5. The standard InChI is InChI=1S/C23H23NO4/c1-15-10-12-23(13-11-15,21(25)26)24-22(27)28-14-20-18-8-4-2-6-16(18)17-7-3-5-9-19(17)20/h2-10,20H,11-14H2,1H3,(H,24,27)(H,25,26)/t23-/m1/s1. The molecule has 0 unspecified atom stereocenters. The van der Waals surface area contributed by atoms with E-state index in [9.17, 15) is 14.7 Å². The van der Waals surface area contributed by atoms with Crippen molar-refractivity contribution in [3.05, 3.63) is 71.3 Å². The molecule has 2 aromatic rings. The molecule has 0 aromatic heterocycles. The Morgan fingerprint density at radius 2 is 1.71 bits per heavy atom. The molecule has 0 saturated carbocycles. The topological polar surface area (TPSA) is 75.6 Å². The molecule has 0 spiro atoms. The molecule has 0 heterocycles. The van der Waals surface area contributed by atoms with Gasteiger partial charge >= 0.3 is 12.1 Å². The highest BCUT2D eigenvalue weighted by Crippen LogP contribution is 2.44. The first-order valence-electron chi connectivity index (χ1n) is 9.52. The third-order valence-electron chi connectivity index (χ3n) is 5.84. The molecule has 0 bridgehead atoms. The minimum Gasteiger partial charge on any atom is -0.479 e. The number of amides is 1. The quantitative estimate of drug-likeness (QED) is 0.771. The Hall–Kier alpha value is -3.08. The lowest BCUT2D eigenvalue weighted by Gasteiger charge is -2.32. The molecule has 2 aliphatic carbocycles. The maximum absolute atomic E-state index is 12.5. The number of carboxylic acids is 1. The molecule has 1 amide bonds. The van der Waals surface area contributed by atoms with E-state index in [4.69, 9.17) is 4.74 Å². The van der Waals surface area contributed by atoms with Gasteiger partial charge in [-0.05, 0) is 48.4 Å². The Kier molecular flexibility index (Phi) is 4.67. The summed E-state index contributed by atoms with van der Waals surface area (Å²) in [6.45, 7) is 2.14. The highest BCUT2D eigenvalue weighted by Gasteiger charge is 2.41. The van der Waals surface area contributed by atoms with Crippen molar-refractivity contribution in [3.63, 3.8) is 0 Å². The Labute approximate surface area is 164 Å². The van der Waals surface area contributed by atoms with Gasteiger partial charge in [0.25, 0.3) is 0 Å². The highest BCUT2D eigenvalue weighted by molar-refractivity contribution is 5.85. The molecule has 0 fully saturated rings. The number of carbonyl (C=O) groups excluding carboxylic acids is 1. The van der Waals surface area contributed by atoms with Gasteiger partial charge in [-0.15, -0.1) is 0 Å². The number of hydrogen-bond donors (Lipinski definition) is 2. The van der Waals surface area contributed by atoms with Crippen molar-refractivity contribution >= 4 is 12.1 Å². The number of fused-ring (bicyclic) bond motifs is 3. The van der Waals surface area contributed by atoms with Gasteiger partial charge in [0.2, 0.25) is 0 Å². The second-order valence-electron chi connectivity index (χ2n) is 7.59. The first-order valence-corrected chi connectivity index (χ1v) is 9.52. The van der Waals surface area contributed by atoms with Gasteiger partial charge in [0.1, 0.15) is 12.1 Å². The maximum Gasteiger partial charge on any atom is 0.408 e. The lowest BCUT2D eigenvalue weighted by atomic mass is 9.83. The Morgan fingerprint density at radius 3 is 2.25 bits per heavy atom. The predicted molar refractivity (Wildman–Crippen MR) is 106 cm³/mol. The number of rotatable bonds is 4. The first kappa shape index (κ1) is 18.3. The van der Waals surface area contributed by atoms with E-state index >= 15 is 0 Å². The van der Waals surface area contributed by atoms with E-state index in [-0.39, 0.29) is 18.9 Å². The van der Waals surface area contributed by atoms with Crippen molar-refractivity contribution in [1.29, 1.82) is 0 Å². The molecule has 1 atom stereocenters. The molecule has 0 radical (unpaired) electrons. The largest absolute Gasteiger partial charge is 0.479 e. The fourth-order valence-electron chi connectivity index (χ4n) is 4.15. The van der Waals surface area contributed by atoms with E-state index in [0.717, 1.165) is 27.8 Å². The first-order chi connectivity index (χ1) is 13.5. The molecule has 28 heavy (non-hydrogen) atoms. The molecule has 0 saturated heterocycles. The molecule has 4 rings (SSSR count). The number of ether oxygens (including phenoxy) is 1. The van der Waals surface area contributed by atoms with Gasteiger partial charge in [0.05, 0.1) is 0 Å². The summed E-state index contributed by atoms with van der Waals surface area (Å²) in [5, 5.41) is 12.3. The summed E-state index contributed by atoms with van der Waals surface area (Å²) < 4.78 is 5.51. The molecule has 144 valence electrons. The van der Waals surface area contributed by atoms with Crippen LogP contribution in [0.1, 0.15) is 43.2 Å². The minimum absolute atomic E-state index is 0.0487. The molecule has 5 heteroatoms. The van der Waals surface area contributed by atoms with Gasteiger partial charge in [-0.1, -0.05) is 60.2 Å². The predicted octanol–water partition coefficient (Wildman–Crippen LogP) is 4.48. The van der Waals surface area contributed by atoms with Crippen molar-refractivity contribution in [2.45, 2.75) is 37.6 Å². The summed E-state index contributed by atoms with van der Waals surface area (Å²) in [6, 6.07) is 16.2. The smallest absolute Gasteiger partial charge is 0.408 e. The molecule has 2 aliphatic rings. The fourth-order valence-corrected chi connectivity index (χ4v) is 4.15. The van der Waals surface area contributed by atoms with Crippen molar-refractivity contribution in [2.24, 2.45) is 0 Å². The Balaban J connectivity index is 1.49. The van der Waals surface area contributed by atoms with Gasteiger partial charge in [0.15, 0.2) is 0 Å². The summed E-state index contributed by atoms with van der Waals surface area (Å²) in [4.78, 5) is 24.3. The number of carboxylic acid groups (broad SMARTS) is 1. The van der Waals surface area contributed by atoms with Crippen molar-refractivity contribution < 1.29 is 19.4 Å². The van der Waals surface area contributed by atoms with E-state index in [0.29, 0.717) is 12.8 Å². The summed E-state index contributed by atoms with van der Waals surface area (Å²) in [5.41, 5.74) is 4.42. The van der Waals surface area contributed by atoms with Gasteiger partial charge in [-0.25, -0.2) is 9.59 Å². The molecule has 5 nitrogen and oxygen atoms in total. The van der Waals surface area contributed by atoms with Gasteiger partial charge in [-0.2, -0.15) is 0 Å². The zero-order valence-electron chi connectivity index (χ0n) is 15.8. The lowest BCUT2D eigenvalue weighted by Crippen LogP contribution is -2.55. The summed E-state index contributed by atoms with van der Waals surface area (Å²) >= 11 is 0. The average molecular weight is 377 g/mol. The average Bonchev–Trinajstić information content (AvgIpc) is 3.02. The van der Waals surface area contributed by atoms with Gasteiger partial charge in [0, 0.05) is 5.92 Å². The van der Waals surface area contributed by atoms with E-state index in [2.05, 4.69) is 29.6 Å². The van der Waals surface area contributed by atoms with Crippen LogP contribution in [0.15, 0.2) is 60.2 Å². The lowest BCUT2D eigenvalue weighted by molar-refractivity contribution is -0.145. The van der Waals surface area contributed by atoms with Crippen LogP contribution in [-0.2, 0) is 9.53 Å². The number of carbonyl (C=O) groups is 2. The van der Waals surface area contributed by atoms with Crippen LogP contribution in [0.25, 0.3) is 11.1 Å². The molecule has 0 aliphatic heterocycles. The van der Waals surface area contributed by atoms with Gasteiger partial charge in [-0.3, -0.25) is 0 Å². The second-order valence-corrected chi connectivity index (χ2v) is 7.59. The van der Waals surface area contributed by atoms with E-state index in [1.165, 1.54) is 0 Å². The van der Waals surface area contributed by atoms with Gasteiger partial charge < -0.3 is 15.2 Å². The number of benzene rings is 2. The molecular weight excluding hydrogens is 354 g/mol. The van der Waals surface area contributed by atoms with Crippen LogP contribution in [0.2, 0.25) is 0 Å². The van der Waals surface area contributed by atoms with Crippen LogP contribution < -0.4 is 5.32 Å². The number of hydrogen-bond acceptors (Lipinski definition) is 3. The highest BCUT2D eigenvalue weighted by atomic mass is 16.5. The number of aliphatic carboxylic acids is 1. The van der Waals surface area contributed by atoms with Crippen LogP contribution in [0.4, 0.5) is 4.79 Å². The summed E-state index contributed by atoms with van der Waals surface area (Å²) in [7, 11) is 0. The minimum atomic E-state index is -1.29.